The third-order valence-corrected chi connectivity index (χ3v) is 7.78. The molecule has 0 saturated carbocycles. The number of nitrogens with zero attached hydrogens (tertiary/aromatic N) is 2. The van der Waals surface area contributed by atoms with E-state index in [1.165, 1.54) is 0 Å². The molecule has 2 amide bonds. The summed E-state index contributed by atoms with van der Waals surface area (Å²) < 4.78 is 0. The second kappa shape index (κ2) is 7.98. The molecule has 1 spiro atoms. The van der Waals surface area contributed by atoms with E-state index in [-0.39, 0.29) is 11.8 Å². The number of carbonyl (C=O) groups is 2. The van der Waals surface area contributed by atoms with Crippen molar-refractivity contribution in [3.8, 4) is 0 Å². The lowest BCUT2D eigenvalue weighted by Gasteiger charge is -2.33. The molecule has 32 heavy (non-hydrogen) atoms. The number of amides is 2. The van der Waals surface area contributed by atoms with E-state index in [0.717, 1.165) is 27.9 Å². The number of aryl methyl sites for hydroxylation is 2. The van der Waals surface area contributed by atoms with Gasteiger partial charge in [0.15, 0.2) is 4.87 Å². The highest BCUT2D eigenvalue weighted by molar-refractivity contribution is 8.01. The molecule has 0 unspecified atom stereocenters. The quantitative estimate of drug-likeness (QED) is 0.512. The average Bonchev–Trinajstić information content (AvgIpc) is 3.31. The first-order valence-corrected chi connectivity index (χ1v) is 12.0. The number of carbonyl (C=O) groups excluding carboxylic acids is 2. The summed E-state index contributed by atoms with van der Waals surface area (Å²) in [6, 6.07) is 21.2. The monoisotopic (exact) mass is 462 g/mol. The van der Waals surface area contributed by atoms with E-state index in [4.69, 9.17) is 11.6 Å². The van der Waals surface area contributed by atoms with Crippen LogP contribution in [0.3, 0.4) is 0 Å². The molecule has 3 aromatic carbocycles. The summed E-state index contributed by atoms with van der Waals surface area (Å²) in [5.41, 5.74) is 5.61. The number of halogens is 1. The third kappa shape index (κ3) is 3.31. The Kier molecular flexibility index (Phi) is 5.26. The maximum atomic E-state index is 14.1. The van der Waals surface area contributed by atoms with Crippen molar-refractivity contribution < 1.29 is 9.59 Å². The van der Waals surface area contributed by atoms with Gasteiger partial charge in [0.05, 0.1) is 12.2 Å². The molecule has 3 aromatic rings. The summed E-state index contributed by atoms with van der Waals surface area (Å²) >= 11 is 7.57. The highest BCUT2D eigenvalue weighted by Gasteiger charge is 2.59. The zero-order valence-corrected chi connectivity index (χ0v) is 19.5. The van der Waals surface area contributed by atoms with Gasteiger partial charge in [0, 0.05) is 28.4 Å². The standard InChI is InChI=1S/C26H23ClN2O2S/c1-17-4-3-5-19(14-17)16-28-23-11-6-18(2)15-22(23)26(25(28)31)29(12-13-32-26)24(30)20-7-9-21(27)10-8-20/h3-11,14-15H,12-13,16H2,1-2H3/t26-/m1/s1. The second-order valence-corrected chi connectivity index (χ2v) is 10.1. The molecule has 162 valence electrons. The van der Waals surface area contributed by atoms with E-state index in [9.17, 15) is 9.59 Å². The van der Waals surface area contributed by atoms with Crippen LogP contribution in [0.25, 0.3) is 0 Å². The normalized spacial score (nSPS) is 19.7. The first-order valence-electron chi connectivity index (χ1n) is 10.6. The molecule has 1 atom stereocenters. The van der Waals surface area contributed by atoms with E-state index in [1.54, 1.807) is 40.9 Å². The molecule has 0 radical (unpaired) electrons. The Hall–Kier alpha value is -2.76. The van der Waals surface area contributed by atoms with Gasteiger partial charge in [0.2, 0.25) is 0 Å². The first kappa shape index (κ1) is 21.1. The largest absolute Gasteiger partial charge is 0.311 e. The van der Waals surface area contributed by atoms with Gasteiger partial charge in [-0.3, -0.25) is 9.59 Å². The fourth-order valence-corrected chi connectivity index (χ4v) is 6.21. The average molecular weight is 463 g/mol. The van der Waals surface area contributed by atoms with Gasteiger partial charge in [-0.1, -0.05) is 59.1 Å². The highest BCUT2D eigenvalue weighted by Crippen LogP contribution is 2.55. The molecule has 6 heteroatoms. The van der Waals surface area contributed by atoms with Crippen molar-refractivity contribution in [2.24, 2.45) is 0 Å². The lowest BCUT2D eigenvalue weighted by atomic mass is 10.0. The molecule has 2 aliphatic heterocycles. The van der Waals surface area contributed by atoms with E-state index in [2.05, 4.69) is 12.1 Å². The molecular weight excluding hydrogens is 440 g/mol. The highest BCUT2D eigenvalue weighted by atomic mass is 35.5. The van der Waals surface area contributed by atoms with Crippen LogP contribution in [-0.2, 0) is 16.2 Å². The van der Waals surface area contributed by atoms with Crippen molar-refractivity contribution in [1.82, 2.24) is 4.90 Å². The number of anilines is 1. The van der Waals surface area contributed by atoms with Crippen LogP contribution < -0.4 is 4.90 Å². The van der Waals surface area contributed by atoms with Crippen molar-refractivity contribution in [2.45, 2.75) is 25.3 Å². The number of hydrogen-bond donors (Lipinski definition) is 0. The maximum Gasteiger partial charge on any atom is 0.268 e. The summed E-state index contributed by atoms with van der Waals surface area (Å²) in [5.74, 6) is 0.505. The van der Waals surface area contributed by atoms with E-state index >= 15 is 0 Å². The zero-order valence-electron chi connectivity index (χ0n) is 18.0. The minimum Gasteiger partial charge on any atom is -0.311 e. The summed E-state index contributed by atoms with van der Waals surface area (Å²) in [6.45, 7) is 5.06. The van der Waals surface area contributed by atoms with Crippen LogP contribution in [0.5, 0.6) is 0 Å². The summed E-state index contributed by atoms with van der Waals surface area (Å²) in [7, 11) is 0. The Bertz CT molecular complexity index is 1230. The lowest BCUT2D eigenvalue weighted by Crippen LogP contribution is -2.50. The minimum absolute atomic E-state index is 0.0515. The van der Waals surface area contributed by atoms with Gasteiger partial charge in [-0.05, 0) is 49.7 Å². The molecule has 2 heterocycles. The first-order chi connectivity index (χ1) is 15.4. The fourth-order valence-electron chi connectivity index (χ4n) is 4.63. The molecule has 1 saturated heterocycles. The van der Waals surface area contributed by atoms with Crippen LogP contribution in [0.2, 0.25) is 5.02 Å². The van der Waals surface area contributed by atoms with Crippen LogP contribution in [0, 0.1) is 13.8 Å². The SMILES string of the molecule is Cc1cccc(CN2C(=O)[C@]3(SCCN3C(=O)c3ccc(Cl)cc3)c3cc(C)ccc32)c1. The number of fused-ring (bicyclic) bond motifs is 2. The van der Waals surface area contributed by atoms with Crippen molar-refractivity contribution in [3.63, 3.8) is 0 Å². The molecule has 2 aliphatic rings. The molecule has 1 fully saturated rings. The number of hydrogen-bond acceptors (Lipinski definition) is 3. The molecule has 5 rings (SSSR count). The number of thioether (sulfide) groups is 1. The Morgan fingerprint density at radius 3 is 2.53 bits per heavy atom. The third-order valence-electron chi connectivity index (χ3n) is 6.11. The number of benzene rings is 3. The molecule has 0 N–H and O–H groups in total. The van der Waals surface area contributed by atoms with Crippen molar-refractivity contribution >= 4 is 40.9 Å². The second-order valence-electron chi connectivity index (χ2n) is 8.36. The van der Waals surface area contributed by atoms with Crippen molar-refractivity contribution in [3.05, 3.63) is 99.6 Å². The summed E-state index contributed by atoms with van der Waals surface area (Å²) in [6.07, 6.45) is 0. The van der Waals surface area contributed by atoms with E-state index in [0.29, 0.717) is 29.4 Å². The Balaban J connectivity index is 1.59. The van der Waals surface area contributed by atoms with Gasteiger partial charge in [0.1, 0.15) is 0 Å². The Morgan fingerprint density at radius 2 is 1.78 bits per heavy atom. The molecule has 0 aromatic heterocycles. The van der Waals surface area contributed by atoms with Gasteiger partial charge in [-0.2, -0.15) is 0 Å². The van der Waals surface area contributed by atoms with Gasteiger partial charge < -0.3 is 9.80 Å². The predicted molar refractivity (Wildman–Crippen MR) is 130 cm³/mol. The molecule has 0 bridgehead atoms. The van der Waals surface area contributed by atoms with Crippen LogP contribution in [0.1, 0.15) is 32.6 Å². The predicted octanol–water partition coefficient (Wildman–Crippen LogP) is 5.55. The topological polar surface area (TPSA) is 40.6 Å². The van der Waals surface area contributed by atoms with Crippen molar-refractivity contribution in [2.75, 3.05) is 17.2 Å². The van der Waals surface area contributed by atoms with Crippen LogP contribution in [0.4, 0.5) is 5.69 Å². The summed E-state index contributed by atoms with van der Waals surface area (Å²) in [5, 5.41) is 0.578. The van der Waals surface area contributed by atoms with Gasteiger partial charge in [-0.25, -0.2) is 0 Å². The van der Waals surface area contributed by atoms with Crippen LogP contribution in [0.15, 0.2) is 66.7 Å². The zero-order chi connectivity index (χ0) is 22.5. The van der Waals surface area contributed by atoms with E-state index in [1.807, 2.05) is 49.1 Å². The lowest BCUT2D eigenvalue weighted by molar-refractivity contribution is -0.123. The van der Waals surface area contributed by atoms with Crippen LogP contribution in [-0.4, -0.2) is 29.0 Å². The number of rotatable bonds is 3. The smallest absolute Gasteiger partial charge is 0.268 e. The molecular formula is C26H23ClN2O2S. The Labute approximate surface area is 197 Å². The van der Waals surface area contributed by atoms with E-state index < -0.39 is 4.87 Å². The van der Waals surface area contributed by atoms with Crippen molar-refractivity contribution in [1.29, 1.82) is 0 Å². The van der Waals surface area contributed by atoms with Gasteiger partial charge in [-0.15, -0.1) is 11.8 Å². The van der Waals surface area contributed by atoms with Gasteiger partial charge >= 0.3 is 0 Å². The minimum atomic E-state index is -1.04. The molecule has 4 nitrogen and oxygen atoms in total. The maximum absolute atomic E-state index is 14.1. The van der Waals surface area contributed by atoms with Crippen LogP contribution >= 0.6 is 23.4 Å². The Morgan fingerprint density at radius 1 is 1.03 bits per heavy atom. The fraction of sp³-hybridized carbons (Fsp3) is 0.231. The van der Waals surface area contributed by atoms with Gasteiger partial charge in [0.25, 0.3) is 11.8 Å². The summed E-state index contributed by atoms with van der Waals surface area (Å²) in [4.78, 5) is 30.2. The molecule has 0 aliphatic carbocycles.